The zero-order valence-corrected chi connectivity index (χ0v) is 11.1. The Morgan fingerprint density at radius 3 is 2.84 bits per heavy atom. The zero-order valence-electron chi connectivity index (χ0n) is 11.1. The van der Waals surface area contributed by atoms with Gasteiger partial charge >= 0.3 is 0 Å². The van der Waals surface area contributed by atoms with Crippen molar-refractivity contribution in [2.45, 2.75) is 19.8 Å². The van der Waals surface area contributed by atoms with Crippen LogP contribution in [-0.2, 0) is 0 Å². The second-order valence-electron chi connectivity index (χ2n) is 5.48. The standard InChI is InChI=1S/C15H19N3O/c1-10-4-6-18(7-5-10)15(19)13-9-17-14-3-2-11(16)8-12(13)14/h2-3,8-10,17H,4-7,16H2,1H3. The van der Waals surface area contributed by atoms with Crippen molar-refractivity contribution in [3.8, 4) is 0 Å². The molecule has 4 nitrogen and oxygen atoms in total. The lowest BCUT2D eigenvalue weighted by molar-refractivity contribution is 0.0699. The summed E-state index contributed by atoms with van der Waals surface area (Å²) in [5.74, 6) is 0.839. The minimum absolute atomic E-state index is 0.115. The third-order valence-corrected chi connectivity index (χ3v) is 4.01. The largest absolute Gasteiger partial charge is 0.399 e. The number of carbonyl (C=O) groups is 1. The first kappa shape index (κ1) is 12.1. The average Bonchev–Trinajstić information content (AvgIpc) is 2.81. The first-order chi connectivity index (χ1) is 9.15. The molecule has 0 unspecified atom stereocenters. The number of piperidine rings is 1. The third-order valence-electron chi connectivity index (χ3n) is 4.01. The fourth-order valence-corrected chi connectivity index (χ4v) is 2.70. The molecule has 0 atom stereocenters. The molecule has 1 aliphatic rings. The molecule has 0 bridgehead atoms. The van der Waals surface area contributed by atoms with E-state index in [-0.39, 0.29) is 5.91 Å². The molecule has 3 rings (SSSR count). The predicted molar refractivity (Wildman–Crippen MR) is 77.0 cm³/mol. The maximum Gasteiger partial charge on any atom is 0.256 e. The molecule has 1 saturated heterocycles. The summed E-state index contributed by atoms with van der Waals surface area (Å²) in [6, 6.07) is 5.63. The number of rotatable bonds is 1. The molecule has 1 amide bonds. The highest BCUT2D eigenvalue weighted by atomic mass is 16.2. The summed E-state index contributed by atoms with van der Waals surface area (Å²) >= 11 is 0. The number of nitrogens with zero attached hydrogens (tertiary/aromatic N) is 1. The van der Waals surface area contributed by atoms with E-state index in [0.717, 1.165) is 48.3 Å². The number of nitrogen functional groups attached to an aromatic ring is 1. The van der Waals surface area contributed by atoms with Gasteiger partial charge in [0.15, 0.2) is 0 Å². The molecule has 1 fully saturated rings. The molecule has 3 N–H and O–H groups in total. The van der Waals surface area contributed by atoms with E-state index < -0.39 is 0 Å². The summed E-state index contributed by atoms with van der Waals surface area (Å²) in [5, 5.41) is 0.920. The van der Waals surface area contributed by atoms with E-state index in [1.165, 1.54) is 0 Å². The molecule has 4 heteroatoms. The van der Waals surface area contributed by atoms with Crippen molar-refractivity contribution in [3.63, 3.8) is 0 Å². The van der Waals surface area contributed by atoms with Crippen LogP contribution in [0.3, 0.4) is 0 Å². The Hall–Kier alpha value is -1.97. The van der Waals surface area contributed by atoms with Gasteiger partial charge in [0.2, 0.25) is 0 Å². The van der Waals surface area contributed by atoms with E-state index >= 15 is 0 Å². The number of carbonyl (C=O) groups excluding carboxylic acids is 1. The summed E-state index contributed by atoms with van der Waals surface area (Å²) in [6.07, 6.45) is 3.98. The number of hydrogen-bond donors (Lipinski definition) is 2. The highest BCUT2D eigenvalue weighted by Gasteiger charge is 2.23. The summed E-state index contributed by atoms with van der Waals surface area (Å²) in [7, 11) is 0. The molecule has 1 aromatic heterocycles. The van der Waals surface area contributed by atoms with E-state index in [1.807, 2.05) is 23.1 Å². The molecular weight excluding hydrogens is 238 g/mol. The van der Waals surface area contributed by atoms with Crippen LogP contribution in [0.25, 0.3) is 10.9 Å². The van der Waals surface area contributed by atoms with Gasteiger partial charge in [-0.1, -0.05) is 6.92 Å². The minimum Gasteiger partial charge on any atom is -0.399 e. The number of anilines is 1. The van der Waals surface area contributed by atoms with Crippen LogP contribution < -0.4 is 5.73 Å². The van der Waals surface area contributed by atoms with Crippen molar-refractivity contribution in [1.29, 1.82) is 0 Å². The molecule has 19 heavy (non-hydrogen) atoms. The first-order valence-corrected chi connectivity index (χ1v) is 6.81. The fraction of sp³-hybridized carbons (Fsp3) is 0.400. The number of aromatic nitrogens is 1. The zero-order chi connectivity index (χ0) is 13.4. The van der Waals surface area contributed by atoms with Crippen LogP contribution in [0.15, 0.2) is 24.4 Å². The highest BCUT2D eigenvalue weighted by molar-refractivity contribution is 6.07. The summed E-state index contributed by atoms with van der Waals surface area (Å²) < 4.78 is 0. The van der Waals surface area contributed by atoms with E-state index in [1.54, 1.807) is 6.20 Å². The van der Waals surface area contributed by atoms with Crippen LogP contribution in [0.4, 0.5) is 5.69 Å². The maximum atomic E-state index is 12.6. The average molecular weight is 257 g/mol. The Morgan fingerprint density at radius 2 is 2.11 bits per heavy atom. The number of nitrogens with two attached hydrogens (primary N) is 1. The van der Waals surface area contributed by atoms with Crippen LogP contribution in [-0.4, -0.2) is 28.9 Å². The van der Waals surface area contributed by atoms with Crippen molar-refractivity contribution in [1.82, 2.24) is 9.88 Å². The summed E-state index contributed by atoms with van der Waals surface area (Å²) in [6.45, 7) is 3.96. The smallest absolute Gasteiger partial charge is 0.256 e. The lowest BCUT2D eigenvalue weighted by Crippen LogP contribution is -2.37. The maximum absolute atomic E-state index is 12.6. The predicted octanol–water partition coefficient (Wildman–Crippen LogP) is 2.62. The number of nitrogens with one attached hydrogen (secondary N) is 1. The van der Waals surface area contributed by atoms with Gasteiger partial charge in [-0.05, 0) is 37.0 Å². The van der Waals surface area contributed by atoms with E-state index in [0.29, 0.717) is 5.69 Å². The molecule has 100 valence electrons. The number of aromatic amines is 1. The number of benzene rings is 1. The van der Waals surface area contributed by atoms with Crippen LogP contribution in [0.1, 0.15) is 30.1 Å². The van der Waals surface area contributed by atoms with E-state index in [4.69, 9.17) is 5.73 Å². The number of hydrogen-bond acceptors (Lipinski definition) is 2. The normalized spacial score (nSPS) is 17.0. The second-order valence-corrected chi connectivity index (χ2v) is 5.48. The van der Waals surface area contributed by atoms with E-state index in [2.05, 4.69) is 11.9 Å². The van der Waals surface area contributed by atoms with Crippen molar-refractivity contribution in [2.24, 2.45) is 5.92 Å². The lowest BCUT2D eigenvalue weighted by atomic mass is 9.98. The number of likely N-dealkylation sites (tertiary alicyclic amines) is 1. The second kappa shape index (κ2) is 4.61. The Kier molecular flexibility index (Phi) is 2.93. The van der Waals surface area contributed by atoms with Gasteiger partial charge in [-0.2, -0.15) is 0 Å². The molecule has 1 aromatic carbocycles. The molecule has 0 saturated carbocycles. The van der Waals surface area contributed by atoms with Gasteiger partial charge in [0, 0.05) is 35.9 Å². The quantitative estimate of drug-likeness (QED) is 0.771. The number of H-pyrrole nitrogens is 1. The Labute approximate surface area is 112 Å². The van der Waals surface area contributed by atoms with Crippen LogP contribution in [0.2, 0.25) is 0 Å². The Morgan fingerprint density at radius 1 is 1.37 bits per heavy atom. The molecule has 2 heterocycles. The minimum atomic E-state index is 0.115. The van der Waals surface area contributed by atoms with Crippen LogP contribution >= 0.6 is 0 Å². The van der Waals surface area contributed by atoms with Crippen LogP contribution in [0.5, 0.6) is 0 Å². The number of fused-ring (bicyclic) bond motifs is 1. The Balaban J connectivity index is 1.91. The summed E-state index contributed by atoms with van der Waals surface area (Å²) in [4.78, 5) is 17.6. The molecule has 2 aromatic rings. The molecule has 0 spiro atoms. The van der Waals surface area contributed by atoms with Crippen molar-refractivity contribution in [3.05, 3.63) is 30.0 Å². The van der Waals surface area contributed by atoms with Gasteiger partial charge < -0.3 is 15.6 Å². The van der Waals surface area contributed by atoms with Gasteiger partial charge in [-0.3, -0.25) is 4.79 Å². The van der Waals surface area contributed by atoms with Crippen molar-refractivity contribution >= 4 is 22.5 Å². The third kappa shape index (κ3) is 2.18. The van der Waals surface area contributed by atoms with Gasteiger partial charge in [0.05, 0.1) is 5.56 Å². The van der Waals surface area contributed by atoms with Crippen molar-refractivity contribution in [2.75, 3.05) is 18.8 Å². The Bertz CT molecular complexity index is 609. The monoisotopic (exact) mass is 257 g/mol. The van der Waals surface area contributed by atoms with Crippen LogP contribution in [0, 0.1) is 5.92 Å². The van der Waals surface area contributed by atoms with Gasteiger partial charge in [-0.25, -0.2) is 0 Å². The number of amides is 1. The SMILES string of the molecule is CC1CCN(C(=O)c2c[nH]c3ccc(N)cc23)CC1. The van der Waals surface area contributed by atoms with Crippen molar-refractivity contribution < 1.29 is 4.79 Å². The van der Waals surface area contributed by atoms with Gasteiger partial charge in [-0.15, -0.1) is 0 Å². The highest BCUT2D eigenvalue weighted by Crippen LogP contribution is 2.24. The van der Waals surface area contributed by atoms with Gasteiger partial charge in [0.1, 0.15) is 0 Å². The summed E-state index contributed by atoms with van der Waals surface area (Å²) in [5.41, 5.74) is 8.19. The van der Waals surface area contributed by atoms with E-state index in [9.17, 15) is 4.79 Å². The molecule has 1 aliphatic heterocycles. The molecular formula is C15H19N3O. The molecule has 0 radical (unpaired) electrons. The van der Waals surface area contributed by atoms with Gasteiger partial charge in [0.25, 0.3) is 5.91 Å². The lowest BCUT2D eigenvalue weighted by Gasteiger charge is -2.30. The first-order valence-electron chi connectivity index (χ1n) is 6.81. The fourth-order valence-electron chi connectivity index (χ4n) is 2.70. The molecule has 0 aliphatic carbocycles. The topological polar surface area (TPSA) is 62.1 Å².